The summed E-state index contributed by atoms with van der Waals surface area (Å²) >= 11 is 6.06. The van der Waals surface area contributed by atoms with Crippen LogP contribution in [0.3, 0.4) is 0 Å². The zero-order chi connectivity index (χ0) is 22.4. The van der Waals surface area contributed by atoms with Crippen LogP contribution in [0.5, 0.6) is 5.75 Å². The third-order valence-corrected chi connectivity index (χ3v) is 6.32. The minimum absolute atomic E-state index is 0.00919. The number of methoxy groups -OCH3 is 1. The van der Waals surface area contributed by atoms with E-state index >= 15 is 0 Å². The van der Waals surface area contributed by atoms with E-state index in [1.165, 1.54) is 49.6 Å². The molecular formula is C17H20ClN3O7S2. The van der Waals surface area contributed by atoms with Crippen LogP contribution in [0.1, 0.15) is 0 Å². The highest BCUT2D eigenvalue weighted by atomic mass is 35.5. The number of nitrogens with one attached hydrogen (secondary N) is 2. The molecule has 4 N–H and O–H groups in total. The molecule has 0 saturated carbocycles. The fourth-order valence-corrected chi connectivity index (χ4v) is 4.05. The maximum Gasteiger partial charge on any atom is 0.262 e. The Morgan fingerprint density at radius 1 is 1.07 bits per heavy atom. The number of anilines is 1. The average molecular weight is 478 g/mol. The Bertz CT molecular complexity index is 1100. The molecule has 2 aromatic rings. The molecule has 10 nitrogen and oxygen atoms in total. The topological polar surface area (TPSA) is 154 Å². The summed E-state index contributed by atoms with van der Waals surface area (Å²) in [7, 11) is -6.13. The summed E-state index contributed by atoms with van der Waals surface area (Å²) in [6, 6.07) is 9.09. The van der Waals surface area contributed by atoms with Gasteiger partial charge in [-0.1, -0.05) is 11.6 Å². The SMILES string of the molecule is COCCNS(=O)(=O)c1ccc(OCC(=O)Nc2ccc(S(N)(=O)=O)cc2)c(Cl)c1. The van der Waals surface area contributed by atoms with Crippen molar-refractivity contribution in [1.82, 2.24) is 4.72 Å². The van der Waals surface area contributed by atoms with Crippen molar-refractivity contribution >= 4 is 43.2 Å². The number of carbonyl (C=O) groups excluding carboxylic acids is 1. The second-order valence-corrected chi connectivity index (χ2v) is 9.62. The maximum absolute atomic E-state index is 12.2. The lowest BCUT2D eigenvalue weighted by atomic mass is 10.3. The smallest absolute Gasteiger partial charge is 0.262 e. The summed E-state index contributed by atoms with van der Waals surface area (Å²) in [6.07, 6.45) is 0. The van der Waals surface area contributed by atoms with Crippen molar-refractivity contribution in [1.29, 1.82) is 0 Å². The van der Waals surface area contributed by atoms with Crippen molar-refractivity contribution in [2.75, 3.05) is 32.2 Å². The standard InChI is InChI=1S/C17H20ClN3O7S2/c1-27-9-8-20-30(25,26)14-6-7-16(15(18)10-14)28-11-17(22)21-12-2-4-13(5-3-12)29(19,23)24/h2-7,10,20H,8-9,11H2,1H3,(H,21,22)(H2,19,23,24). The number of sulfonamides is 2. The molecule has 0 radical (unpaired) electrons. The number of amides is 1. The Hall–Kier alpha value is -2.22. The lowest BCUT2D eigenvalue weighted by Crippen LogP contribution is -2.27. The molecule has 30 heavy (non-hydrogen) atoms. The summed E-state index contributed by atoms with van der Waals surface area (Å²) in [6.45, 7) is -0.0874. The number of benzene rings is 2. The molecule has 164 valence electrons. The Kier molecular flexibility index (Phi) is 8.18. The number of nitrogens with two attached hydrogens (primary N) is 1. The van der Waals surface area contributed by atoms with Crippen LogP contribution >= 0.6 is 11.6 Å². The molecule has 0 saturated heterocycles. The summed E-state index contributed by atoms with van der Waals surface area (Å²) < 4.78 is 59.2. The van der Waals surface area contributed by atoms with E-state index in [4.69, 9.17) is 26.2 Å². The molecule has 2 aromatic carbocycles. The lowest BCUT2D eigenvalue weighted by Gasteiger charge is -2.11. The summed E-state index contributed by atoms with van der Waals surface area (Å²) in [4.78, 5) is 11.9. The third kappa shape index (κ3) is 6.93. The van der Waals surface area contributed by atoms with Gasteiger partial charge < -0.3 is 14.8 Å². The zero-order valence-corrected chi connectivity index (χ0v) is 18.2. The lowest BCUT2D eigenvalue weighted by molar-refractivity contribution is -0.118. The first-order chi connectivity index (χ1) is 14.0. The monoisotopic (exact) mass is 477 g/mol. The number of ether oxygens (including phenoxy) is 2. The highest BCUT2D eigenvalue weighted by molar-refractivity contribution is 7.89. The average Bonchev–Trinajstić information content (AvgIpc) is 2.67. The number of primary sulfonamides is 1. The van der Waals surface area contributed by atoms with Crippen LogP contribution in [0.2, 0.25) is 5.02 Å². The van der Waals surface area contributed by atoms with E-state index in [0.717, 1.165) is 0 Å². The highest BCUT2D eigenvalue weighted by Crippen LogP contribution is 2.27. The van der Waals surface area contributed by atoms with Gasteiger partial charge in [-0.25, -0.2) is 26.7 Å². The number of carbonyl (C=O) groups is 1. The van der Waals surface area contributed by atoms with Crippen molar-refractivity contribution in [3.8, 4) is 5.75 Å². The number of hydrogen-bond acceptors (Lipinski definition) is 7. The van der Waals surface area contributed by atoms with Crippen molar-refractivity contribution in [2.24, 2.45) is 5.14 Å². The van der Waals surface area contributed by atoms with Gasteiger partial charge in [0.25, 0.3) is 5.91 Å². The molecule has 0 bridgehead atoms. The van der Waals surface area contributed by atoms with Crippen LogP contribution in [0.4, 0.5) is 5.69 Å². The molecule has 0 unspecified atom stereocenters. The molecule has 0 fully saturated rings. The first-order valence-electron chi connectivity index (χ1n) is 8.36. The Balaban J connectivity index is 1.96. The van der Waals surface area contributed by atoms with Gasteiger partial charge in [-0.3, -0.25) is 4.79 Å². The van der Waals surface area contributed by atoms with Crippen molar-refractivity contribution in [3.63, 3.8) is 0 Å². The highest BCUT2D eigenvalue weighted by Gasteiger charge is 2.16. The predicted octanol–water partition coefficient (Wildman–Crippen LogP) is 0.930. The minimum Gasteiger partial charge on any atom is -0.482 e. The van der Waals surface area contributed by atoms with E-state index in [9.17, 15) is 21.6 Å². The van der Waals surface area contributed by atoms with E-state index in [0.29, 0.717) is 5.69 Å². The zero-order valence-electron chi connectivity index (χ0n) is 15.8. The fraction of sp³-hybridized carbons (Fsp3) is 0.235. The van der Waals surface area contributed by atoms with Crippen LogP contribution in [0, 0.1) is 0 Å². The summed E-state index contributed by atoms with van der Waals surface area (Å²) in [5.41, 5.74) is 0.339. The molecule has 0 aliphatic carbocycles. The van der Waals surface area contributed by atoms with Gasteiger partial charge in [0.2, 0.25) is 20.0 Å². The van der Waals surface area contributed by atoms with Gasteiger partial charge in [0.1, 0.15) is 5.75 Å². The van der Waals surface area contributed by atoms with Gasteiger partial charge in [0.15, 0.2) is 6.61 Å². The first-order valence-corrected chi connectivity index (χ1v) is 11.8. The third-order valence-electron chi connectivity index (χ3n) is 3.64. The Morgan fingerprint density at radius 3 is 2.27 bits per heavy atom. The van der Waals surface area contributed by atoms with Gasteiger partial charge in [-0.15, -0.1) is 0 Å². The molecule has 2 rings (SSSR count). The van der Waals surface area contributed by atoms with Gasteiger partial charge in [0.05, 0.1) is 21.4 Å². The fourth-order valence-electron chi connectivity index (χ4n) is 2.20. The van der Waals surface area contributed by atoms with Crippen molar-refractivity contribution < 1.29 is 31.1 Å². The van der Waals surface area contributed by atoms with Gasteiger partial charge in [-0.05, 0) is 42.5 Å². The Labute approximate surface area is 179 Å². The van der Waals surface area contributed by atoms with Crippen LogP contribution in [-0.2, 0) is 29.6 Å². The van der Waals surface area contributed by atoms with E-state index < -0.39 is 32.6 Å². The van der Waals surface area contributed by atoms with Crippen LogP contribution in [0.15, 0.2) is 52.3 Å². The van der Waals surface area contributed by atoms with E-state index in [1.54, 1.807) is 0 Å². The van der Waals surface area contributed by atoms with E-state index in [1.807, 2.05) is 0 Å². The molecule has 0 heterocycles. The quantitative estimate of drug-likeness (QED) is 0.430. The molecular weight excluding hydrogens is 458 g/mol. The van der Waals surface area contributed by atoms with E-state index in [-0.39, 0.29) is 33.7 Å². The minimum atomic E-state index is -3.83. The largest absolute Gasteiger partial charge is 0.482 e. The molecule has 0 atom stereocenters. The second kappa shape index (κ2) is 10.2. The van der Waals surface area contributed by atoms with Crippen LogP contribution in [-0.4, -0.2) is 49.6 Å². The second-order valence-electron chi connectivity index (χ2n) is 5.89. The molecule has 1 amide bonds. The molecule has 13 heteroatoms. The molecule has 0 aliphatic rings. The van der Waals surface area contributed by atoms with E-state index in [2.05, 4.69) is 10.0 Å². The molecule has 0 spiro atoms. The first kappa shape index (κ1) is 24.1. The Morgan fingerprint density at radius 2 is 1.70 bits per heavy atom. The van der Waals surface area contributed by atoms with Crippen LogP contribution < -0.4 is 19.9 Å². The normalized spacial score (nSPS) is 11.8. The number of halogens is 1. The molecule has 0 aliphatic heterocycles. The molecule has 0 aromatic heterocycles. The van der Waals surface area contributed by atoms with Gasteiger partial charge >= 0.3 is 0 Å². The summed E-state index contributed by atoms with van der Waals surface area (Å²) in [5, 5.41) is 7.53. The maximum atomic E-state index is 12.2. The number of hydrogen-bond donors (Lipinski definition) is 3. The summed E-state index contributed by atoms with van der Waals surface area (Å²) in [5.74, 6) is -0.417. The van der Waals surface area contributed by atoms with Crippen molar-refractivity contribution in [3.05, 3.63) is 47.5 Å². The van der Waals surface area contributed by atoms with Crippen molar-refractivity contribution in [2.45, 2.75) is 9.79 Å². The number of rotatable bonds is 10. The van der Waals surface area contributed by atoms with Gasteiger partial charge in [0, 0.05) is 19.3 Å². The predicted molar refractivity (Wildman–Crippen MR) is 110 cm³/mol. The van der Waals surface area contributed by atoms with Gasteiger partial charge in [-0.2, -0.15) is 0 Å². The van der Waals surface area contributed by atoms with Crippen LogP contribution in [0.25, 0.3) is 0 Å².